The van der Waals surface area contributed by atoms with Crippen molar-refractivity contribution in [1.82, 2.24) is 9.88 Å². The monoisotopic (exact) mass is 233 g/mol. The second-order valence-corrected chi connectivity index (χ2v) is 4.90. The Kier molecular flexibility index (Phi) is 3.31. The SMILES string of the molecule is CC(C)[C@@H]1CCCN1C(=O)c1cccc(N)n1. The predicted molar refractivity (Wildman–Crippen MR) is 67.5 cm³/mol. The number of nitrogens with two attached hydrogens (primary N) is 1. The van der Waals surface area contributed by atoms with Crippen LogP contribution in [0.1, 0.15) is 37.2 Å². The summed E-state index contributed by atoms with van der Waals surface area (Å²) < 4.78 is 0. The number of anilines is 1. The number of amides is 1. The number of aromatic nitrogens is 1. The third kappa shape index (κ3) is 2.40. The molecule has 0 aliphatic carbocycles. The lowest BCUT2D eigenvalue weighted by Gasteiger charge is -2.27. The van der Waals surface area contributed by atoms with Gasteiger partial charge in [-0.05, 0) is 30.9 Å². The molecule has 4 nitrogen and oxygen atoms in total. The van der Waals surface area contributed by atoms with Crippen molar-refractivity contribution in [3.05, 3.63) is 23.9 Å². The van der Waals surface area contributed by atoms with Crippen molar-refractivity contribution >= 4 is 11.7 Å². The van der Waals surface area contributed by atoms with Crippen LogP contribution in [0.3, 0.4) is 0 Å². The average molecular weight is 233 g/mol. The van der Waals surface area contributed by atoms with Crippen LogP contribution in [0.15, 0.2) is 18.2 Å². The highest BCUT2D eigenvalue weighted by Crippen LogP contribution is 2.25. The molecular formula is C13H19N3O. The molecule has 2 N–H and O–H groups in total. The van der Waals surface area contributed by atoms with Crippen molar-refractivity contribution < 1.29 is 4.79 Å². The molecule has 0 aromatic carbocycles. The first-order valence-corrected chi connectivity index (χ1v) is 6.13. The molecule has 0 unspecified atom stereocenters. The zero-order valence-corrected chi connectivity index (χ0v) is 10.4. The van der Waals surface area contributed by atoms with Crippen molar-refractivity contribution in [1.29, 1.82) is 0 Å². The van der Waals surface area contributed by atoms with Gasteiger partial charge in [-0.15, -0.1) is 0 Å². The Morgan fingerprint density at radius 1 is 1.53 bits per heavy atom. The summed E-state index contributed by atoms with van der Waals surface area (Å²) in [6, 6.07) is 5.54. The summed E-state index contributed by atoms with van der Waals surface area (Å²) >= 11 is 0. The lowest BCUT2D eigenvalue weighted by molar-refractivity contribution is 0.0695. The van der Waals surface area contributed by atoms with Gasteiger partial charge in [-0.25, -0.2) is 4.98 Å². The molecule has 1 amide bonds. The fourth-order valence-corrected chi connectivity index (χ4v) is 2.46. The third-order valence-electron chi connectivity index (χ3n) is 3.32. The molecule has 1 aromatic heterocycles. The number of likely N-dealkylation sites (tertiary alicyclic amines) is 1. The minimum absolute atomic E-state index is 0.00787. The van der Waals surface area contributed by atoms with Gasteiger partial charge in [-0.2, -0.15) is 0 Å². The highest BCUT2D eigenvalue weighted by Gasteiger charge is 2.31. The molecule has 0 saturated carbocycles. The zero-order chi connectivity index (χ0) is 12.4. The molecular weight excluding hydrogens is 214 g/mol. The Hall–Kier alpha value is -1.58. The average Bonchev–Trinajstić information content (AvgIpc) is 2.77. The number of hydrogen-bond acceptors (Lipinski definition) is 3. The van der Waals surface area contributed by atoms with E-state index in [2.05, 4.69) is 18.8 Å². The van der Waals surface area contributed by atoms with E-state index in [4.69, 9.17) is 5.73 Å². The molecule has 2 heterocycles. The van der Waals surface area contributed by atoms with Crippen molar-refractivity contribution in [2.45, 2.75) is 32.7 Å². The van der Waals surface area contributed by atoms with Crippen LogP contribution >= 0.6 is 0 Å². The molecule has 0 bridgehead atoms. The molecule has 0 spiro atoms. The molecule has 1 aromatic rings. The van der Waals surface area contributed by atoms with E-state index in [1.165, 1.54) is 0 Å². The van der Waals surface area contributed by atoms with Crippen molar-refractivity contribution in [3.63, 3.8) is 0 Å². The highest BCUT2D eigenvalue weighted by molar-refractivity contribution is 5.93. The Balaban J connectivity index is 2.20. The van der Waals surface area contributed by atoms with Crippen LogP contribution in [0.25, 0.3) is 0 Å². The van der Waals surface area contributed by atoms with Gasteiger partial charge < -0.3 is 10.6 Å². The topological polar surface area (TPSA) is 59.2 Å². The van der Waals surface area contributed by atoms with Crippen molar-refractivity contribution in [2.24, 2.45) is 5.92 Å². The van der Waals surface area contributed by atoms with Gasteiger partial charge in [-0.3, -0.25) is 4.79 Å². The minimum Gasteiger partial charge on any atom is -0.384 e. The van der Waals surface area contributed by atoms with Gasteiger partial charge in [0.15, 0.2) is 0 Å². The lowest BCUT2D eigenvalue weighted by Crippen LogP contribution is -2.38. The van der Waals surface area contributed by atoms with Gasteiger partial charge >= 0.3 is 0 Å². The molecule has 1 atom stereocenters. The van der Waals surface area contributed by atoms with E-state index in [0.29, 0.717) is 23.5 Å². The van der Waals surface area contributed by atoms with Crippen LogP contribution in [0, 0.1) is 5.92 Å². The van der Waals surface area contributed by atoms with Crippen LogP contribution in [-0.4, -0.2) is 28.4 Å². The molecule has 92 valence electrons. The maximum Gasteiger partial charge on any atom is 0.272 e. The zero-order valence-electron chi connectivity index (χ0n) is 10.4. The Morgan fingerprint density at radius 3 is 2.94 bits per heavy atom. The second kappa shape index (κ2) is 4.73. The summed E-state index contributed by atoms with van der Waals surface area (Å²) in [5.41, 5.74) is 6.06. The Morgan fingerprint density at radius 2 is 2.29 bits per heavy atom. The van der Waals surface area contributed by atoms with E-state index in [1.54, 1.807) is 18.2 Å². The first kappa shape index (κ1) is 11.9. The summed E-state index contributed by atoms with van der Waals surface area (Å²) in [6.07, 6.45) is 2.17. The van der Waals surface area contributed by atoms with E-state index in [9.17, 15) is 4.79 Å². The number of nitrogens with zero attached hydrogens (tertiary/aromatic N) is 2. The first-order chi connectivity index (χ1) is 8.09. The number of nitrogen functional groups attached to an aromatic ring is 1. The third-order valence-corrected chi connectivity index (χ3v) is 3.32. The summed E-state index contributed by atoms with van der Waals surface area (Å²) in [6.45, 7) is 5.14. The number of hydrogen-bond donors (Lipinski definition) is 1. The molecule has 1 aliphatic rings. The van der Waals surface area contributed by atoms with Crippen LogP contribution in [0.2, 0.25) is 0 Å². The van der Waals surface area contributed by atoms with Crippen LogP contribution in [-0.2, 0) is 0 Å². The van der Waals surface area contributed by atoms with Gasteiger partial charge in [-0.1, -0.05) is 19.9 Å². The highest BCUT2D eigenvalue weighted by atomic mass is 16.2. The minimum atomic E-state index is 0.00787. The number of rotatable bonds is 2. The molecule has 4 heteroatoms. The van der Waals surface area contributed by atoms with Gasteiger partial charge in [0.05, 0.1) is 0 Å². The van der Waals surface area contributed by atoms with Crippen molar-refractivity contribution in [2.75, 3.05) is 12.3 Å². The van der Waals surface area contributed by atoms with Gasteiger partial charge in [0, 0.05) is 12.6 Å². The summed E-state index contributed by atoms with van der Waals surface area (Å²) in [5, 5.41) is 0. The fourth-order valence-electron chi connectivity index (χ4n) is 2.46. The number of carbonyl (C=O) groups excluding carboxylic acids is 1. The predicted octanol–water partition coefficient (Wildman–Crippen LogP) is 1.92. The maximum absolute atomic E-state index is 12.3. The van der Waals surface area contributed by atoms with Gasteiger partial charge in [0.1, 0.15) is 11.5 Å². The van der Waals surface area contributed by atoms with Crippen molar-refractivity contribution in [3.8, 4) is 0 Å². The van der Waals surface area contributed by atoms with Crippen LogP contribution < -0.4 is 5.73 Å². The van der Waals surface area contributed by atoms with Gasteiger partial charge in [0.25, 0.3) is 5.91 Å². The van der Waals surface area contributed by atoms with Gasteiger partial charge in [0.2, 0.25) is 0 Å². The number of carbonyl (C=O) groups is 1. The molecule has 1 saturated heterocycles. The molecule has 1 aliphatic heterocycles. The molecule has 2 rings (SSSR count). The normalized spacial score (nSPS) is 19.9. The van der Waals surface area contributed by atoms with Crippen LogP contribution in [0.4, 0.5) is 5.82 Å². The summed E-state index contributed by atoms with van der Waals surface area (Å²) in [7, 11) is 0. The maximum atomic E-state index is 12.3. The van der Waals surface area contributed by atoms with E-state index in [-0.39, 0.29) is 5.91 Å². The first-order valence-electron chi connectivity index (χ1n) is 6.13. The second-order valence-electron chi connectivity index (χ2n) is 4.90. The smallest absolute Gasteiger partial charge is 0.272 e. The molecule has 0 radical (unpaired) electrons. The Bertz CT molecular complexity index is 417. The summed E-state index contributed by atoms with van der Waals surface area (Å²) in [4.78, 5) is 18.4. The largest absolute Gasteiger partial charge is 0.384 e. The fraction of sp³-hybridized carbons (Fsp3) is 0.538. The quantitative estimate of drug-likeness (QED) is 0.849. The van der Waals surface area contributed by atoms with E-state index in [1.807, 2.05) is 4.90 Å². The standard InChI is InChI=1S/C13H19N3O/c1-9(2)11-6-4-8-16(11)13(17)10-5-3-7-12(14)15-10/h3,5,7,9,11H,4,6,8H2,1-2H3,(H2,14,15)/t11-/m0/s1. The summed E-state index contributed by atoms with van der Waals surface area (Å²) in [5.74, 6) is 0.896. The van der Waals surface area contributed by atoms with E-state index < -0.39 is 0 Å². The van der Waals surface area contributed by atoms with Crippen LogP contribution in [0.5, 0.6) is 0 Å². The molecule has 1 fully saturated rings. The van der Waals surface area contributed by atoms with E-state index >= 15 is 0 Å². The van der Waals surface area contributed by atoms with E-state index in [0.717, 1.165) is 19.4 Å². The molecule has 17 heavy (non-hydrogen) atoms. The Labute approximate surface area is 102 Å². The lowest BCUT2D eigenvalue weighted by atomic mass is 10.0. The number of pyridine rings is 1.